The van der Waals surface area contributed by atoms with E-state index in [4.69, 9.17) is 5.26 Å². The smallest absolute Gasteiger partial charge is 0.0808 e. The number of rotatable bonds is 7. The van der Waals surface area contributed by atoms with E-state index in [2.05, 4.69) is 13.0 Å². The Hall–Kier alpha value is -0.160. The zero-order chi connectivity index (χ0) is 8.36. The van der Waals surface area contributed by atoms with E-state index in [-0.39, 0.29) is 0 Å². The fraction of sp³-hybridized carbons (Fsp3) is 0.889. The van der Waals surface area contributed by atoms with Gasteiger partial charge in [0.2, 0.25) is 0 Å². The van der Waals surface area contributed by atoms with E-state index in [0.29, 0.717) is 5.75 Å². The molecule has 11 heavy (non-hydrogen) atoms. The van der Waals surface area contributed by atoms with Crippen molar-refractivity contribution in [3.8, 4) is 6.07 Å². The zero-order valence-corrected chi connectivity index (χ0v) is 8.12. The molecule has 0 saturated heterocycles. The van der Waals surface area contributed by atoms with E-state index in [1.165, 1.54) is 32.1 Å². The molecule has 0 aromatic rings. The molecule has 0 unspecified atom stereocenters. The summed E-state index contributed by atoms with van der Waals surface area (Å²) in [5, 5.41) is 8.24. The first-order valence-corrected chi connectivity index (χ1v) is 5.52. The predicted molar refractivity (Wildman–Crippen MR) is 51.7 cm³/mol. The van der Waals surface area contributed by atoms with Crippen LogP contribution in [-0.4, -0.2) is 11.5 Å². The summed E-state index contributed by atoms with van der Waals surface area (Å²) in [5.74, 6) is 1.82. The van der Waals surface area contributed by atoms with Gasteiger partial charge in [0.15, 0.2) is 0 Å². The van der Waals surface area contributed by atoms with Gasteiger partial charge < -0.3 is 0 Å². The van der Waals surface area contributed by atoms with Crippen LogP contribution in [0.3, 0.4) is 0 Å². The summed E-state index contributed by atoms with van der Waals surface area (Å²) in [5.41, 5.74) is 0. The van der Waals surface area contributed by atoms with E-state index in [0.717, 1.165) is 5.75 Å². The summed E-state index contributed by atoms with van der Waals surface area (Å²) in [6.45, 7) is 2.23. The standard InChI is InChI=1S/C9H17NS/c1-2-3-4-5-6-8-11-9-7-10/h2-6,8-9H2,1H3. The van der Waals surface area contributed by atoms with Crippen molar-refractivity contribution in [2.75, 3.05) is 11.5 Å². The molecule has 0 bridgehead atoms. The Labute approximate surface area is 74.2 Å². The topological polar surface area (TPSA) is 23.8 Å². The lowest BCUT2D eigenvalue weighted by atomic mass is 10.2. The van der Waals surface area contributed by atoms with Gasteiger partial charge in [0.05, 0.1) is 11.8 Å². The first-order chi connectivity index (χ1) is 5.41. The summed E-state index contributed by atoms with van der Waals surface area (Å²) < 4.78 is 0. The van der Waals surface area contributed by atoms with Crippen molar-refractivity contribution in [3.63, 3.8) is 0 Å². The highest BCUT2D eigenvalue weighted by molar-refractivity contribution is 7.99. The van der Waals surface area contributed by atoms with Crippen LogP contribution in [0.2, 0.25) is 0 Å². The largest absolute Gasteiger partial charge is 0.197 e. The lowest BCUT2D eigenvalue weighted by Crippen LogP contribution is -1.82. The summed E-state index contributed by atoms with van der Waals surface area (Å²) in [4.78, 5) is 0. The van der Waals surface area contributed by atoms with Crippen molar-refractivity contribution >= 4 is 11.8 Å². The van der Waals surface area contributed by atoms with Crippen LogP contribution in [0.25, 0.3) is 0 Å². The third-order valence-electron chi connectivity index (χ3n) is 1.56. The van der Waals surface area contributed by atoms with Gasteiger partial charge in [-0.15, -0.1) is 11.8 Å². The number of nitriles is 1. The molecular formula is C9H17NS. The van der Waals surface area contributed by atoms with E-state index in [1.54, 1.807) is 11.8 Å². The quantitative estimate of drug-likeness (QED) is 0.549. The van der Waals surface area contributed by atoms with Crippen LogP contribution in [-0.2, 0) is 0 Å². The minimum atomic E-state index is 0.660. The van der Waals surface area contributed by atoms with Gasteiger partial charge in [0.25, 0.3) is 0 Å². The second-order valence-electron chi connectivity index (χ2n) is 2.62. The molecular weight excluding hydrogens is 154 g/mol. The van der Waals surface area contributed by atoms with Crippen LogP contribution < -0.4 is 0 Å². The van der Waals surface area contributed by atoms with Gasteiger partial charge in [-0.25, -0.2) is 0 Å². The van der Waals surface area contributed by atoms with Gasteiger partial charge in [0, 0.05) is 0 Å². The van der Waals surface area contributed by atoms with Gasteiger partial charge in [-0.05, 0) is 12.2 Å². The molecule has 0 heterocycles. The van der Waals surface area contributed by atoms with Crippen molar-refractivity contribution < 1.29 is 0 Å². The monoisotopic (exact) mass is 171 g/mol. The third-order valence-corrected chi connectivity index (χ3v) is 2.47. The fourth-order valence-electron chi connectivity index (χ4n) is 0.925. The molecule has 0 aromatic heterocycles. The Morgan fingerprint density at radius 3 is 2.55 bits per heavy atom. The molecule has 0 rings (SSSR count). The first-order valence-electron chi connectivity index (χ1n) is 4.36. The van der Waals surface area contributed by atoms with Crippen LogP contribution >= 0.6 is 11.8 Å². The maximum Gasteiger partial charge on any atom is 0.0808 e. The molecule has 0 fully saturated rings. The number of hydrogen-bond acceptors (Lipinski definition) is 2. The van der Waals surface area contributed by atoms with Crippen molar-refractivity contribution in [3.05, 3.63) is 0 Å². The Kier molecular flexibility index (Phi) is 9.70. The third kappa shape index (κ3) is 9.84. The van der Waals surface area contributed by atoms with Gasteiger partial charge >= 0.3 is 0 Å². The molecule has 1 nitrogen and oxygen atoms in total. The summed E-state index contributed by atoms with van der Waals surface area (Å²) >= 11 is 1.75. The van der Waals surface area contributed by atoms with Gasteiger partial charge in [-0.3, -0.25) is 0 Å². The summed E-state index contributed by atoms with van der Waals surface area (Å²) in [7, 11) is 0. The number of hydrogen-bond donors (Lipinski definition) is 0. The van der Waals surface area contributed by atoms with Gasteiger partial charge in [-0.2, -0.15) is 5.26 Å². The molecule has 0 aromatic carbocycles. The van der Waals surface area contributed by atoms with Crippen LogP contribution in [0.1, 0.15) is 39.0 Å². The van der Waals surface area contributed by atoms with Gasteiger partial charge in [0.1, 0.15) is 0 Å². The van der Waals surface area contributed by atoms with E-state index < -0.39 is 0 Å². The molecule has 64 valence electrons. The maximum atomic E-state index is 8.24. The molecule has 0 aliphatic carbocycles. The average Bonchev–Trinajstić information content (AvgIpc) is 2.03. The first kappa shape index (κ1) is 10.8. The van der Waals surface area contributed by atoms with Crippen molar-refractivity contribution in [2.24, 2.45) is 0 Å². The number of unbranched alkanes of at least 4 members (excludes halogenated alkanes) is 4. The highest BCUT2D eigenvalue weighted by Gasteiger charge is 1.89. The molecule has 0 atom stereocenters. The van der Waals surface area contributed by atoms with Crippen LogP contribution in [0, 0.1) is 11.3 Å². The number of nitrogens with zero attached hydrogens (tertiary/aromatic N) is 1. The van der Waals surface area contributed by atoms with Crippen molar-refractivity contribution in [1.82, 2.24) is 0 Å². The van der Waals surface area contributed by atoms with Crippen LogP contribution in [0.5, 0.6) is 0 Å². The Morgan fingerprint density at radius 2 is 1.91 bits per heavy atom. The minimum Gasteiger partial charge on any atom is -0.197 e. The highest BCUT2D eigenvalue weighted by Crippen LogP contribution is 2.07. The second-order valence-corrected chi connectivity index (χ2v) is 3.73. The second kappa shape index (κ2) is 9.84. The van der Waals surface area contributed by atoms with E-state index in [1.807, 2.05) is 0 Å². The molecule has 0 spiro atoms. The predicted octanol–water partition coefficient (Wildman–Crippen LogP) is 3.21. The number of thioether (sulfide) groups is 1. The van der Waals surface area contributed by atoms with Gasteiger partial charge in [-0.1, -0.05) is 32.6 Å². The van der Waals surface area contributed by atoms with Crippen LogP contribution in [0.4, 0.5) is 0 Å². The fourth-order valence-corrected chi connectivity index (χ4v) is 1.57. The molecule has 2 heteroatoms. The molecule has 0 aliphatic rings. The lowest BCUT2D eigenvalue weighted by molar-refractivity contribution is 0.659. The minimum absolute atomic E-state index is 0.660. The van der Waals surface area contributed by atoms with Crippen molar-refractivity contribution in [2.45, 2.75) is 39.0 Å². The summed E-state index contributed by atoms with van der Waals surface area (Å²) in [6.07, 6.45) is 6.66. The van der Waals surface area contributed by atoms with E-state index >= 15 is 0 Å². The van der Waals surface area contributed by atoms with E-state index in [9.17, 15) is 0 Å². The SMILES string of the molecule is CCCCCCCSCC#N. The molecule has 0 saturated carbocycles. The molecule has 0 aliphatic heterocycles. The molecule has 0 N–H and O–H groups in total. The average molecular weight is 171 g/mol. The highest BCUT2D eigenvalue weighted by atomic mass is 32.2. The molecule has 0 radical (unpaired) electrons. The Morgan fingerprint density at radius 1 is 1.18 bits per heavy atom. The normalized spacial score (nSPS) is 9.45. The Balaban J connectivity index is 2.75. The maximum absolute atomic E-state index is 8.24. The zero-order valence-electron chi connectivity index (χ0n) is 7.31. The Bertz CT molecular complexity index is 107. The summed E-state index contributed by atoms with van der Waals surface area (Å²) in [6, 6.07) is 2.13. The van der Waals surface area contributed by atoms with Crippen LogP contribution in [0.15, 0.2) is 0 Å². The molecule has 0 amide bonds. The lowest BCUT2D eigenvalue weighted by Gasteiger charge is -1.97. The van der Waals surface area contributed by atoms with Crippen molar-refractivity contribution in [1.29, 1.82) is 5.26 Å².